The van der Waals surface area contributed by atoms with Gasteiger partial charge in [-0.3, -0.25) is 4.21 Å². The fourth-order valence-corrected chi connectivity index (χ4v) is 2.72. The molecule has 0 aromatic carbocycles. The van der Waals surface area contributed by atoms with Crippen LogP contribution in [0.15, 0.2) is 0 Å². The molecule has 0 saturated carbocycles. The highest BCUT2D eigenvalue weighted by molar-refractivity contribution is 7.83. The Bertz CT molecular complexity index is 234. The van der Waals surface area contributed by atoms with Crippen LogP contribution in [0, 0.1) is 0 Å². The van der Waals surface area contributed by atoms with E-state index < -0.39 is 10.8 Å². The van der Waals surface area contributed by atoms with Gasteiger partial charge in [-0.05, 0) is 0 Å². The van der Waals surface area contributed by atoms with Gasteiger partial charge in [-0.15, -0.1) is 0 Å². The zero-order valence-corrected chi connectivity index (χ0v) is 6.17. The second kappa shape index (κ2) is 1.85. The van der Waals surface area contributed by atoms with E-state index in [9.17, 15) is 4.21 Å². The lowest BCUT2D eigenvalue weighted by atomic mass is 10.4. The Morgan fingerprint density at radius 2 is 1.89 bits per heavy atom. The predicted octanol–water partition coefficient (Wildman–Crippen LogP) is 0.300. The van der Waals surface area contributed by atoms with Crippen molar-refractivity contribution >= 4 is 22.5 Å². The molecular weight excluding hydrogens is 156 g/mol. The first-order valence-corrected chi connectivity index (χ1v) is 4.73. The molecule has 3 nitrogen and oxygen atoms in total. The van der Waals surface area contributed by atoms with Gasteiger partial charge in [0.2, 0.25) is 0 Å². The van der Waals surface area contributed by atoms with E-state index in [4.69, 9.17) is 0 Å². The number of aromatic nitrogens is 2. The summed E-state index contributed by atoms with van der Waals surface area (Å²) in [7, 11) is -0.707. The normalized spacial score (nSPS) is 18.2. The number of fused-ring (bicyclic) bond motifs is 1. The van der Waals surface area contributed by atoms with Crippen LogP contribution in [0.5, 0.6) is 0 Å². The average molecular weight is 160 g/mol. The fraction of sp³-hybridized carbons (Fsp3) is 0.500. The summed E-state index contributed by atoms with van der Waals surface area (Å²) in [4.78, 5) is 0. The van der Waals surface area contributed by atoms with E-state index in [0.29, 0.717) is 11.5 Å². The first kappa shape index (κ1) is 5.49. The van der Waals surface area contributed by atoms with Crippen LogP contribution >= 0.6 is 11.7 Å². The van der Waals surface area contributed by atoms with Crippen molar-refractivity contribution in [2.75, 3.05) is 0 Å². The molecule has 0 atom stereocenters. The van der Waals surface area contributed by atoms with Gasteiger partial charge in [0.25, 0.3) is 0 Å². The molecule has 48 valence electrons. The third-order valence-corrected chi connectivity index (χ3v) is 3.03. The van der Waals surface area contributed by atoms with Crippen LogP contribution in [0.3, 0.4) is 0 Å². The minimum absolute atomic E-state index is 0.617. The van der Waals surface area contributed by atoms with E-state index in [1.54, 1.807) is 0 Å². The highest BCUT2D eigenvalue weighted by atomic mass is 32.2. The molecule has 0 radical (unpaired) electrons. The fourth-order valence-electron chi connectivity index (χ4n) is 0.800. The van der Waals surface area contributed by atoms with Crippen LogP contribution < -0.4 is 0 Å². The Hall–Kier alpha value is -0.290. The minimum Gasteiger partial charge on any atom is -0.259 e. The van der Waals surface area contributed by atoms with Crippen molar-refractivity contribution in [1.82, 2.24) is 8.75 Å². The van der Waals surface area contributed by atoms with Crippen LogP contribution in [-0.4, -0.2) is 13.0 Å². The standard InChI is InChI=1S/C4H4N2OS2/c7-9-1-3-4(2-9)6-8-5-3/h1-2H2. The van der Waals surface area contributed by atoms with Crippen LogP contribution in [-0.2, 0) is 22.3 Å². The lowest BCUT2D eigenvalue weighted by Gasteiger charge is -1.78. The van der Waals surface area contributed by atoms with E-state index >= 15 is 0 Å². The highest BCUT2D eigenvalue weighted by Gasteiger charge is 2.20. The summed E-state index contributed by atoms with van der Waals surface area (Å²) >= 11 is 1.21. The summed E-state index contributed by atoms with van der Waals surface area (Å²) in [5.41, 5.74) is 1.89. The summed E-state index contributed by atoms with van der Waals surface area (Å²) in [6.45, 7) is 0. The zero-order valence-electron chi connectivity index (χ0n) is 4.53. The molecule has 0 saturated heterocycles. The van der Waals surface area contributed by atoms with Crippen molar-refractivity contribution in [3.63, 3.8) is 0 Å². The lowest BCUT2D eigenvalue weighted by Crippen LogP contribution is -1.84. The first-order valence-electron chi connectivity index (χ1n) is 2.51. The monoisotopic (exact) mass is 160 g/mol. The van der Waals surface area contributed by atoms with E-state index in [1.807, 2.05) is 0 Å². The Balaban J connectivity index is 2.49. The molecular formula is C4H4N2OS2. The molecule has 9 heavy (non-hydrogen) atoms. The molecule has 0 bridgehead atoms. The third kappa shape index (κ3) is 0.801. The Morgan fingerprint density at radius 1 is 1.33 bits per heavy atom. The molecule has 1 aromatic heterocycles. The maximum absolute atomic E-state index is 10.8. The number of rotatable bonds is 0. The van der Waals surface area contributed by atoms with E-state index in [2.05, 4.69) is 8.75 Å². The molecule has 2 rings (SSSR count). The highest BCUT2D eigenvalue weighted by Crippen LogP contribution is 2.18. The molecule has 0 fully saturated rings. The SMILES string of the molecule is O=S1Cc2nsnc2C1. The maximum atomic E-state index is 10.8. The molecule has 1 aliphatic heterocycles. The molecule has 1 aromatic rings. The quantitative estimate of drug-likeness (QED) is 0.548. The Kier molecular flexibility index (Phi) is 1.13. The number of hydrogen-bond acceptors (Lipinski definition) is 4. The van der Waals surface area contributed by atoms with Crippen molar-refractivity contribution in [3.8, 4) is 0 Å². The Morgan fingerprint density at radius 3 is 2.44 bits per heavy atom. The number of hydrogen-bond donors (Lipinski definition) is 0. The van der Waals surface area contributed by atoms with Crippen molar-refractivity contribution in [3.05, 3.63) is 11.4 Å². The average Bonchev–Trinajstić information content (AvgIpc) is 2.22. The lowest BCUT2D eigenvalue weighted by molar-refractivity contribution is 0.684. The molecule has 1 aliphatic rings. The zero-order chi connectivity index (χ0) is 6.27. The van der Waals surface area contributed by atoms with Crippen molar-refractivity contribution in [2.45, 2.75) is 11.5 Å². The first-order chi connectivity index (χ1) is 4.36. The van der Waals surface area contributed by atoms with Crippen LogP contribution in [0.4, 0.5) is 0 Å². The van der Waals surface area contributed by atoms with Gasteiger partial charge in [-0.25, -0.2) is 0 Å². The second-order valence-electron chi connectivity index (χ2n) is 1.89. The van der Waals surface area contributed by atoms with Crippen LogP contribution in [0.1, 0.15) is 11.4 Å². The molecule has 0 unspecified atom stereocenters. The summed E-state index contributed by atoms with van der Waals surface area (Å²) in [5, 5.41) is 0. The Labute approximate surface area is 58.9 Å². The van der Waals surface area contributed by atoms with Gasteiger partial charge in [0.15, 0.2) is 0 Å². The molecule has 0 aliphatic carbocycles. The van der Waals surface area contributed by atoms with E-state index in [-0.39, 0.29) is 0 Å². The largest absolute Gasteiger partial charge is 0.259 e. The van der Waals surface area contributed by atoms with E-state index in [0.717, 1.165) is 11.4 Å². The summed E-state index contributed by atoms with van der Waals surface area (Å²) in [6.07, 6.45) is 0. The smallest absolute Gasteiger partial charge is 0.0909 e. The van der Waals surface area contributed by atoms with Crippen LogP contribution in [0.2, 0.25) is 0 Å². The number of nitrogens with zero attached hydrogens (tertiary/aromatic N) is 2. The molecule has 0 N–H and O–H groups in total. The van der Waals surface area contributed by atoms with Crippen molar-refractivity contribution in [2.24, 2.45) is 0 Å². The van der Waals surface area contributed by atoms with Gasteiger partial charge >= 0.3 is 0 Å². The second-order valence-corrected chi connectivity index (χ2v) is 3.87. The topological polar surface area (TPSA) is 42.9 Å². The van der Waals surface area contributed by atoms with Gasteiger partial charge < -0.3 is 0 Å². The van der Waals surface area contributed by atoms with Gasteiger partial charge in [0.05, 0.1) is 34.6 Å². The summed E-state index contributed by atoms with van der Waals surface area (Å²) < 4.78 is 18.8. The maximum Gasteiger partial charge on any atom is 0.0909 e. The molecule has 0 amide bonds. The van der Waals surface area contributed by atoms with Gasteiger partial charge in [-0.1, -0.05) is 0 Å². The molecule has 0 spiro atoms. The van der Waals surface area contributed by atoms with Gasteiger partial charge in [0.1, 0.15) is 0 Å². The van der Waals surface area contributed by atoms with Crippen molar-refractivity contribution < 1.29 is 4.21 Å². The minimum atomic E-state index is -0.707. The van der Waals surface area contributed by atoms with Gasteiger partial charge in [0, 0.05) is 10.8 Å². The van der Waals surface area contributed by atoms with Crippen molar-refractivity contribution in [1.29, 1.82) is 0 Å². The predicted molar refractivity (Wildman–Crippen MR) is 35.5 cm³/mol. The molecule has 5 heteroatoms. The van der Waals surface area contributed by atoms with E-state index in [1.165, 1.54) is 11.7 Å². The van der Waals surface area contributed by atoms with Gasteiger partial charge in [-0.2, -0.15) is 8.75 Å². The molecule has 2 heterocycles. The third-order valence-electron chi connectivity index (χ3n) is 1.23. The van der Waals surface area contributed by atoms with Crippen LogP contribution in [0.25, 0.3) is 0 Å². The summed E-state index contributed by atoms with van der Waals surface area (Å²) in [5.74, 6) is 1.23. The summed E-state index contributed by atoms with van der Waals surface area (Å²) in [6, 6.07) is 0.